The van der Waals surface area contributed by atoms with Gasteiger partial charge in [-0.25, -0.2) is 0 Å². The fraction of sp³-hybridized carbons (Fsp3) is 0.640. The summed E-state index contributed by atoms with van der Waals surface area (Å²) in [4.78, 5) is 33.6. The van der Waals surface area contributed by atoms with Crippen LogP contribution in [-0.4, -0.2) is 75.1 Å². The molecule has 0 bridgehead atoms. The normalized spacial score (nSPS) is 15.6. The maximum absolute atomic E-state index is 13.3. The number of rotatable bonds is 14. The molecule has 34 heavy (non-hydrogen) atoms. The summed E-state index contributed by atoms with van der Waals surface area (Å²) in [6.07, 6.45) is 9.40. The van der Waals surface area contributed by atoms with Crippen molar-refractivity contribution in [2.45, 2.75) is 76.1 Å². The van der Waals surface area contributed by atoms with Crippen molar-refractivity contribution in [2.75, 3.05) is 25.9 Å². The van der Waals surface area contributed by atoms with Crippen molar-refractivity contribution in [3.8, 4) is 0 Å². The van der Waals surface area contributed by atoms with Crippen molar-refractivity contribution < 1.29 is 14.0 Å². The molecular weight excluding hydrogens is 450 g/mol. The molecule has 0 radical (unpaired) electrons. The molecule has 1 atom stereocenters. The molecule has 8 nitrogen and oxygen atoms in total. The van der Waals surface area contributed by atoms with Crippen molar-refractivity contribution in [3.63, 3.8) is 0 Å². The van der Waals surface area contributed by atoms with Gasteiger partial charge in [-0.05, 0) is 44.4 Å². The first-order chi connectivity index (χ1) is 16.5. The van der Waals surface area contributed by atoms with Gasteiger partial charge in [0.2, 0.25) is 12.2 Å². The maximum Gasteiger partial charge on any atom is 0.286 e. The smallest absolute Gasteiger partial charge is 0.286 e. The Hall–Kier alpha value is -2.26. The van der Waals surface area contributed by atoms with Crippen LogP contribution in [0.5, 0.6) is 0 Å². The van der Waals surface area contributed by atoms with Crippen LogP contribution in [0.3, 0.4) is 0 Å². The van der Waals surface area contributed by atoms with Crippen LogP contribution in [0.4, 0.5) is 0 Å². The van der Waals surface area contributed by atoms with E-state index in [2.05, 4.69) is 41.0 Å². The highest BCUT2D eigenvalue weighted by Gasteiger charge is 2.35. The zero-order valence-corrected chi connectivity index (χ0v) is 21.4. The zero-order valence-electron chi connectivity index (χ0n) is 20.6. The Balaban J connectivity index is 1.53. The predicted octanol–water partition coefficient (Wildman–Crippen LogP) is 4.12. The van der Waals surface area contributed by atoms with Gasteiger partial charge in [-0.1, -0.05) is 50.9 Å². The topological polar surface area (TPSA) is 92.4 Å². The molecule has 1 fully saturated rings. The van der Waals surface area contributed by atoms with Crippen LogP contribution in [0.2, 0.25) is 0 Å². The second-order valence-corrected chi connectivity index (χ2v) is 10.5. The van der Waals surface area contributed by atoms with Crippen molar-refractivity contribution in [3.05, 3.63) is 36.0 Å². The standard InChI is InChI=1S/C25H37N5O3S/c1-19(2)17-22(30(18-31)21-10-5-4-6-11-21)23(32)24-27-28-25(33-24)34-16-15-29(3)14-12-20-9-7-8-13-26-20/h7-9,13,18-19,21-22H,4-6,10-12,14-17H2,1-3H3. The van der Waals surface area contributed by atoms with Gasteiger partial charge in [-0.15, -0.1) is 10.2 Å². The Bertz CT molecular complexity index is 886. The number of likely N-dealkylation sites (N-methyl/N-ethyl adjacent to an activating group) is 1. The third-order valence-electron chi connectivity index (χ3n) is 6.27. The lowest BCUT2D eigenvalue weighted by Crippen LogP contribution is -2.48. The summed E-state index contributed by atoms with van der Waals surface area (Å²) in [5, 5.41) is 8.49. The number of hydrogen-bond acceptors (Lipinski definition) is 8. The summed E-state index contributed by atoms with van der Waals surface area (Å²) in [7, 11) is 2.07. The van der Waals surface area contributed by atoms with Crippen LogP contribution in [0.25, 0.3) is 0 Å². The van der Waals surface area contributed by atoms with E-state index in [1.807, 2.05) is 24.4 Å². The molecular formula is C25H37N5O3S. The quantitative estimate of drug-likeness (QED) is 0.223. The third kappa shape index (κ3) is 7.91. The molecule has 2 aromatic heterocycles. The van der Waals surface area contributed by atoms with E-state index in [4.69, 9.17) is 4.42 Å². The number of carbonyl (C=O) groups excluding carboxylic acids is 2. The number of aromatic nitrogens is 3. The SMILES string of the molecule is CC(C)CC(C(=O)c1nnc(SCCN(C)CCc2ccccn2)o1)N(C=O)C1CCCCC1. The fourth-order valence-electron chi connectivity index (χ4n) is 4.37. The second-order valence-electron chi connectivity index (χ2n) is 9.45. The minimum atomic E-state index is -0.559. The molecule has 0 saturated heterocycles. The van der Waals surface area contributed by atoms with Crippen LogP contribution in [0.1, 0.15) is 68.8 Å². The molecule has 186 valence electrons. The van der Waals surface area contributed by atoms with Crippen LogP contribution in [0, 0.1) is 5.92 Å². The first-order valence-corrected chi connectivity index (χ1v) is 13.3. The number of Topliss-reactive ketones (excluding diaryl/α,β-unsaturated/α-hetero) is 1. The van der Waals surface area contributed by atoms with E-state index in [9.17, 15) is 9.59 Å². The second kappa shape index (κ2) is 13.6. The third-order valence-corrected chi connectivity index (χ3v) is 7.07. The fourth-order valence-corrected chi connectivity index (χ4v) is 5.18. The number of pyridine rings is 1. The molecule has 0 aromatic carbocycles. The van der Waals surface area contributed by atoms with Crippen molar-refractivity contribution in [2.24, 2.45) is 5.92 Å². The van der Waals surface area contributed by atoms with Gasteiger partial charge in [-0.2, -0.15) is 0 Å². The van der Waals surface area contributed by atoms with Gasteiger partial charge in [0.15, 0.2) is 0 Å². The molecule has 1 amide bonds. The zero-order chi connectivity index (χ0) is 24.3. The molecule has 1 aliphatic rings. The van der Waals surface area contributed by atoms with Gasteiger partial charge in [0.1, 0.15) is 6.04 Å². The van der Waals surface area contributed by atoms with E-state index >= 15 is 0 Å². The first-order valence-electron chi connectivity index (χ1n) is 12.3. The van der Waals surface area contributed by atoms with Crippen molar-refractivity contribution in [1.29, 1.82) is 0 Å². The molecule has 0 N–H and O–H groups in total. The Morgan fingerprint density at radius 1 is 1.21 bits per heavy atom. The summed E-state index contributed by atoms with van der Waals surface area (Å²) in [5.41, 5.74) is 1.08. The van der Waals surface area contributed by atoms with E-state index in [1.165, 1.54) is 18.2 Å². The molecule has 1 unspecified atom stereocenters. The maximum atomic E-state index is 13.3. The Morgan fingerprint density at radius 2 is 2.00 bits per heavy atom. The van der Waals surface area contributed by atoms with E-state index < -0.39 is 6.04 Å². The first kappa shape index (κ1) is 26.3. The molecule has 9 heteroatoms. The summed E-state index contributed by atoms with van der Waals surface area (Å²) in [5.74, 6) is 0.780. The van der Waals surface area contributed by atoms with Gasteiger partial charge >= 0.3 is 0 Å². The van der Waals surface area contributed by atoms with Crippen molar-refractivity contribution in [1.82, 2.24) is 25.0 Å². The molecule has 0 aliphatic heterocycles. The lowest BCUT2D eigenvalue weighted by Gasteiger charge is -2.36. The highest BCUT2D eigenvalue weighted by molar-refractivity contribution is 7.99. The van der Waals surface area contributed by atoms with Gasteiger partial charge in [-0.3, -0.25) is 14.6 Å². The number of amides is 1. The Labute approximate surface area is 206 Å². The molecule has 1 saturated carbocycles. The minimum Gasteiger partial charge on any atom is -0.408 e. The minimum absolute atomic E-state index is 0.000633. The van der Waals surface area contributed by atoms with Gasteiger partial charge in [0.25, 0.3) is 11.1 Å². The van der Waals surface area contributed by atoms with E-state index in [-0.39, 0.29) is 23.6 Å². The number of nitrogens with zero attached hydrogens (tertiary/aromatic N) is 5. The number of hydrogen-bond donors (Lipinski definition) is 0. The lowest BCUT2D eigenvalue weighted by atomic mass is 9.91. The average molecular weight is 488 g/mol. The average Bonchev–Trinajstić information content (AvgIpc) is 3.32. The molecule has 1 aliphatic carbocycles. The molecule has 0 spiro atoms. The van der Waals surface area contributed by atoms with Gasteiger partial charge in [0, 0.05) is 43.2 Å². The molecule has 2 aromatic rings. The highest BCUT2D eigenvalue weighted by atomic mass is 32.2. The summed E-state index contributed by atoms with van der Waals surface area (Å²) in [6.45, 7) is 5.87. The van der Waals surface area contributed by atoms with Crippen LogP contribution in [-0.2, 0) is 11.2 Å². The lowest BCUT2D eigenvalue weighted by molar-refractivity contribution is -0.122. The largest absolute Gasteiger partial charge is 0.408 e. The van der Waals surface area contributed by atoms with Crippen LogP contribution >= 0.6 is 11.8 Å². The monoisotopic (exact) mass is 487 g/mol. The summed E-state index contributed by atoms with van der Waals surface area (Å²) in [6, 6.07) is 5.51. The van der Waals surface area contributed by atoms with Crippen LogP contribution in [0.15, 0.2) is 34.0 Å². The van der Waals surface area contributed by atoms with E-state index in [0.717, 1.165) is 63.1 Å². The predicted molar refractivity (Wildman–Crippen MR) is 133 cm³/mol. The van der Waals surface area contributed by atoms with E-state index in [1.54, 1.807) is 4.90 Å². The highest BCUT2D eigenvalue weighted by Crippen LogP contribution is 2.27. The van der Waals surface area contributed by atoms with Crippen LogP contribution < -0.4 is 0 Å². The summed E-state index contributed by atoms with van der Waals surface area (Å²) >= 11 is 1.44. The van der Waals surface area contributed by atoms with E-state index in [0.29, 0.717) is 11.6 Å². The number of carbonyl (C=O) groups is 2. The Morgan fingerprint density at radius 3 is 2.68 bits per heavy atom. The number of thioether (sulfide) groups is 1. The summed E-state index contributed by atoms with van der Waals surface area (Å²) < 4.78 is 5.72. The Kier molecular flexibility index (Phi) is 10.5. The van der Waals surface area contributed by atoms with Crippen molar-refractivity contribution >= 4 is 24.0 Å². The van der Waals surface area contributed by atoms with Gasteiger partial charge < -0.3 is 14.2 Å². The molecule has 2 heterocycles. The van der Waals surface area contributed by atoms with Gasteiger partial charge in [0.05, 0.1) is 0 Å². The molecule has 3 rings (SSSR count). The number of ketones is 1.